The van der Waals surface area contributed by atoms with Crippen LogP contribution in [0.2, 0.25) is 0 Å². The summed E-state index contributed by atoms with van der Waals surface area (Å²) in [4.78, 5) is 88.8. The highest BCUT2D eigenvalue weighted by Gasteiger charge is 2.32. The van der Waals surface area contributed by atoms with Gasteiger partial charge in [0, 0.05) is 24.7 Å². The fraction of sp³-hybridized carbons (Fsp3) is 0.474. The third-order valence-corrected chi connectivity index (χ3v) is 4.64. The predicted octanol–water partition coefficient (Wildman–Crippen LogP) is -3.97. The summed E-state index contributed by atoms with van der Waals surface area (Å²) >= 11 is 0. The fourth-order valence-electron chi connectivity index (χ4n) is 2.87. The molecule has 4 atom stereocenters. The van der Waals surface area contributed by atoms with Crippen LogP contribution in [-0.4, -0.2) is 91.0 Å². The van der Waals surface area contributed by atoms with Gasteiger partial charge in [0.2, 0.25) is 23.6 Å². The van der Waals surface area contributed by atoms with Gasteiger partial charge in [-0.3, -0.25) is 28.8 Å². The van der Waals surface area contributed by atoms with Crippen molar-refractivity contribution in [3.63, 3.8) is 0 Å². The van der Waals surface area contributed by atoms with E-state index in [4.69, 9.17) is 21.7 Å². The van der Waals surface area contributed by atoms with Crippen LogP contribution in [0.25, 0.3) is 0 Å². The number of aromatic nitrogens is 2. The SMILES string of the molecule is NC(=O)CC(NC(=O)C(CCC(=O)O)NC(=O)C(N)CC(=O)O)C(=O)NC(Cc1cnc[nH]1)C(=O)O. The van der Waals surface area contributed by atoms with Crippen molar-refractivity contribution in [1.82, 2.24) is 25.9 Å². The molecular formula is C19H27N7O10. The van der Waals surface area contributed by atoms with Crippen molar-refractivity contribution in [3.8, 4) is 0 Å². The van der Waals surface area contributed by atoms with Crippen molar-refractivity contribution in [2.75, 3.05) is 0 Å². The number of rotatable bonds is 16. The van der Waals surface area contributed by atoms with Gasteiger partial charge in [0.1, 0.15) is 18.1 Å². The summed E-state index contributed by atoms with van der Waals surface area (Å²) in [6, 6.07) is -6.32. The van der Waals surface area contributed by atoms with Gasteiger partial charge in [-0.25, -0.2) is 9.78 Å². The highest BCUT2D eigenvalue weighted by Crippen LogP contribution is 2.04. The van der Waals surface area contributed by atoms with E-state index < -0.39 is 91.4 Å². The molecule has 0 saturated heterocycles. The summed E-state index contributed by atoms with van der Waals surface area (Å²) < 4.78 is 0. The number of hydrogen-bond acceptors (Lipinski definition) is 9. The van der Waals surface area contributed by atoms with Gasteiger partial charge in [0.25, 0.3) is 0 Å². The molecule has 198 valence electrons. The molecule has 1 aromatic rings. The lowest BCUT2D eigenvalue weighted by Crippen LogP contribution is -2.58. The first kappa shape index (κ1) is 29.5. The van der Waals surface area contributed by atoms with Crippen LogP contribution < -0.4 is 27.4 Å². The Morgan fingerprint density at radius 2 is 1.44 bits per heavy atom. The highest BCUT2D eigenvalue weighted by molar-refractivity contribution is 5.96. The Hall–Kier alpha value is -4.54. The van der Waals surface area contributed by atoms with E-state index in [1.165, 1.54) is 12.5 Å². The summed E-state index contributed by atoms with van der Waals surface area (Å²) in [5.74, 6) is -8.48. The second-order valence-electron chi connectivity index (χ2n) is 7.61. The maximum absolute atomic E-state index is 12.8. The van der Waals surface area contributed by atoms with Crippen molar-refractivity contribution in [2.45, 2.75) is 56.3 Å². The van der Waals surface area contributed by atoms with E-state index in [2.05, 4.69) is 25.9 Å². The number of H-pyrrole nitrogens is 1. The van der Waals surface area contributed by atoms with Gasteiger partial charge >= 0.3 is 17.9 Å². The average Bonchev–Trinajstić information content (AvgIpc) is 3.27. The third kappa shape index (κ3) is 10.6. The smallest absolute Gasteiger partial charge is 0.326 e. The molecule has 0 saturated carbocycles. The number of primary amides is 1. The molecule has 1 heterocycles. The Bertz CT molecular complexity index is 981. The normalized spacial score (nSPS) is 13.9. The fourth-order valence-corrected chi connectivity index (χ4v) is 2.87. The van der Waals surface area contributed by atoms with Crippen molar-refractivity contribution in [3.05, 3.63) is 18.2 Å². The zero-order chi connectivity index (χ0) is 27.4. The number of nitrogens with one attached hydrogen (secondary N) is 4. The first-order valence-electron chi connectivity index (χ1n) is 10.4. The van der Waals surface area contributed by atoms with Crippen LogP contribution in [0.3, 0.4) is 0 Å². The standard InChI is InChI=1S/C19H27N7O10/c20-9(4-15(30)31)16(32)24-10(1-2-14(28)29)17(33)25-11(5-13(21)27)18(34)26-12(19(35)36)3-8-6-22-7-23-8/h6-7,9-12H,1-5,20H2,(H2,21,27)(H,22,23)(H,24,32)(H,25,33)(H,26,34)(H,28,29)(H,30,31)(H,35,36). The number of carbonyl (C=O) groups is 7. The topological polar surface area (TPSA) is 297 Å². The van der Waals surface area contributed by atoms with E-state index in [0.29, 0.717) is 5.69 Å². The van der Waals surface area contributed by atoms with E-state index in [9.17, 15) is 38.7 Å². The van der Waals surface area contributed by atoms with Crippen LogP contribution >= 0.6 is 0 Å². The summed E-state index contributed by atoms with van der Waals surface area (Å²) in [6.45, 7) is 0. The number of imidazole rings is 1. The number of nitrogens with two attached hydrogens (primary N) is 2. The Morgan fingerprint density at radius 3 is 1.94 bits per heavy atom. The predicted molar refractivity (Wildman–Crippen MR) is 117 cm³/mol. The lowest BCUT2D eigenvalue weighted by atomic mass is 10.1. The van der Waals surface area contributed by atoms with Crippen LogP contribution in [0.1, 0.15) is 31.4 Å². The largest absolute Gasteiger partial charge is 0.481 e. The molecule has 0 aliphatic carbocycles. The molecular weight excluding hydrogens is 486 g/mol. The van der Waals surface area contributed by atoms with Gasteiger partial charge in [-0.1, -0.05) is 0 Å². The number of carbonyl (C=O) groups excluding carboxylic acids is 4. The Balaban J connectivity index is 3.02. The quantitative estimate of drug-likeness (QED) is 0.102. The minimum atomic E-state index is -1.68. The van der Waals surface area contributed by atoms with Crippen molar-refractivity contribution < 1.29 is 48.9 Å². The van der Waals surface area contributed by atoms with Gasteiger partial charge in [-0.05, 0) is 6.42 Å². The summed E-state index contributed by atoms with van der Waals surface area (Å²) in [6.07, 6.45) is -0.211. The molecule has 0 aliphatic heterocycles. The van der Waals surface area contributed by atoms with Crippen LogP contribution in [0.4, 0.5) is 0 Å². The third-order valence-electron chi connectivity index (χ3n) is 4.64. The first-order chi connectivity index (χ1) is 16.8. The number of carboxylic acids is 3. The van der Waals surface area contributed by atoms with Gasteiger partial charge in [-0.2, -0.15) is 0 Å². The van der Waals surface area contributed by atoms with Crippen molar-refractivity contribution in [1.29, 1.82) is 0 Å². The molecule has 0 aliphatic rings. The number of carboxylic acid groups (broad SMARTS) is 3. The molecule has 1 rings (SSSR count). The number of amides is 4. The molecule has 17 heteroatoms. The molecule has 0 bridgehead atoms. The van der Waals surface area contributed by atoms with Gasteiger partial charge in [0.15, 0.2) is 0 Å². The van der Waals surface area contributed by atoms with E-state index in [1.807, 2.05) is 0 Å². The van der Waals surface area contributed by atoms with Gasteiger partial charge in [-0.15, -0.1) is 0 Å². The van der Waals surface area contributed by atoms with Gasteiger partial charge < -0.3 is 47.7 Å². The Labute approximate surface area is 203 Å². The van der Waals surface area contributed by atoms with E-state index in [-0.39, 0.29) is 6.42 Å². The first-order valence-corrected chi connectivity index (χ1v) is 10.4. The Kier molecular flexibility index (Phi) is 11.5. The van der Waals surface area contributed by atoms with E-state index in [0.717, 1.165) is 0 Å². The van der Waals surface area contributed by atoms with Crippen LogP contribution in [0, 0.1) is 0 Å². The minimum Gasteiger partial charge on any atom is -0.481 e. The molecule has 0 spiro atoms. The molecule has 11 N–H and O–H groups in total. The minimum absolute atomic E-state index is 0.211. The average molecular weight is 513 g/mol. The number of aliphatic carboxylic acids is 3. The maximum Gasteiger partial charge on any atom is 0.326 e. The van der Waals surface area contributed by atoms with Crippen LogP contribution in [0.15, 0.2) is 12.5 Å². The van der Waals surface area contributed by atoms with Crippen LogP contribution in [0.5, 0.6) is 0 Å². The molecule has 17 nitrogen and oxygen atoms in total. The zero-order valence-electron chi connectivity index (χ0n) is 18.8. The number of nitrogens with zero attached hydrogens (tertiary/aromatic N) is 1. The molecule has 0 fully saturated rings. The van der Waals surface area contributed by atoms with Crippen molar-refractivity contribution in [2.24, 2.45) is 11.5 Å². The van der Waals surface area contributed by atoms with Crippen molar-refractivity contribution >= 4 is 41.5 Å². The molecule has 0 radical (unpaired) electrons. The van der Waals surface area contributed by atoms with Crippen LogP contribution in [-0.2, 0) is 40.0 Å². The number of aromatic amines is 1. The highest BCUT2D eigenvalue weighted by atomic mass is 16.4. The van der Waals surface area contributed by atoms with E-state index >= 15 is 0 Å². The van der Waals surface area contributed by atoms with E-state index in [1.54, 1.807) is 0 Å². The maximum atomic E-state index is 12.8. The lowest BCUT2D eigenvalue weighted by Gasteiger charge is -2.24. The summed E-state index contributed by atoms with van der Waals surface area (Å²) in [5, 5.41) is 33.5. The molecule has 4 unspecified atom stereocenters. The zero-order valence-corrected chi connectivity index (χ0v) is 18.8. The second kappa shape index (κ2) is 14.0. The van der Waals surface area contributed by atoms with Gasteiger partial charge in [0.05, 0.1) is 25.2 Å². The monoisotopic (exact) mass is 513 g/mol. The Morgan fingerprint density at radius 1 is 0.861 bits per heavy atom. The second-order valence-corrected chi connectivity index (χ2v) is 7.61. The molecule has 4 amide bonds. The molecule has 1 aromatic heterocycles. The molecule has 36 heavy (non-hydrogen) atoms. The number of hydrogen-bond donors (Lipinski definition) is 9. The molecule has 0 aromatic carbocycles. The summed E-state index contributed by atoms with van der Waals surface area (Å²) in [5.41, 5.74) is 10.9. The summed E-state index contributed by atoms with van der Waals surface area (Å²) in [7, 11) is 0. The lowest BCUT2D eigenvalue weighted by molar-refractivity contribution is -0.142.